The van der Waals surface area contributed by atoms with Gasteiger partial charge in [0.25, 0.3) is 0 Å². The zero-order valence-corrected chi connectivity index (χ0v) is 19.0. The summed E-state index contributed by atoms with van der Waals surface area (Å²) in [5.74, 6) is -0.352. The van der Waals surface area contributed by atoms with Gasteiger partial charge >= 0.3 is 13.1 Å². The van der Waals surface area contributed by atoms with Gasteiger partial charge in [0.2, 0.25) is 0 Å². The Labute approximate surface area is 177 Å². The lowest BCUT2D eigenvalue weighted by Gasteiger charge is -2.17. The maximum Gasteiger partial charge on any atom is 0.494 e. The zero-order valence-electron chi connectivity index (χ0n) is 18.2. The number of carbonyl (C=O) groups excluding carboxylic acids is 1. The predicted molar refractivity (Wildman–Crippen MR) is 117 cm³/mol. The number of rotatable bonds is 5. The third-order valence-corrected chi connectivity index (χ3v) is 6.30. The zero-order chi connectivity index (χ0) is 21.4. The molecule has 6 nitrogen and oxygen atoms in total. The number of aromatic nitrogens is 1. The molecule has 1 aliphatic heterocycles. The van der Waals surface area contributed by atoms with E-state index in [1.165, 1.54) is 18.4 Å². The first-order chi connectivity index (χ1) is 13.5. The van der Waals surface area contributed by atoms with E-state index in [1.54, 1.807) is 0 Å². The Morgan fingerprint density at radius 1 is 1.38 bits per heavy atom. The second-order valence-electron chi connectivity index (χ2n) is 8.93. The largest absolute Gasteiger partial charge is 0.494 e. The van der Waals surface area contributed by atoms with Crippen molar-refractivity contribution in [3.63, 3.8) is 0 Å². The summed E-state index contributed by atoms with van der Waals surface area (Å²) in [4.78, 5) is 17.5. The Bertz CT molecular complexity index is 905. The molecule has 1 aromatic carbocycles. The van der Waals surface area contributed by atoms with Crippen molar-refractivity contribution in [2.45, 2.75) is 59.1 Å². The Balaban J connectivity index is 1.83. The first-order valence-electron chi connectivity index (χ1n) is 9.73. The van der Waals surface area contributed by atoms with Crippen molar-refractivity contribution in [2.24, 2.45) is 0 Å². The van der Waals surface area contributed by atoms with Gasteiger partial charge < -0.3 is 19.4 Å². The topological polar surface area (TPSA) is 69.7 Å². The molecule has 1 aliphatic rings. The highest BCUT2D eigenvalue weighted by Crippen LogP contribution is 2.30. The number of nitrogens with one attached hydrogen (secondary N) is 1. The van der Waals surface area contributed by atoms with Crippen LogP contribution in [0.4, 0.5) is 5.69 Å². The van der Waals surface area contributed by atoms with Gasteiger partial charge in [-0.3, -0.25) is 0 Å². The van der Waals surface area contributed by atoms with Gasteiger partial charge in [-0.05, 0) is 37.9 Å². The van der Waals surface area contributed by atoms with Crippen LogP contribution in [0.3, 0.4) is 0 Å². The minimum Gasteiger partial charge on any atom is -0.465 e. The van der Waals surface area contributed by atoms with E-state index < -0.39 is 0 Å². The van der Waals surface area contributed by atoms with E-state index in [0.717, 1.165) is 21.7 Å². The lowest BCUT2D eigenvalue weighted by Crippen LogP contribution is -2.36. The van der Waals surface area contributed by atoms with Crippen molar-refractivity contribution < 1.29 is 18.8 Å². The summed E-state index contributed by atoms with van der Waals surface area (Å²) in [6.07, 6.45) is 0. The van der Waals surface area contributed by atoms with Gasteiger partial charge in [0.1, 0.15) is 4.88 Å². The number of carbonyl (C=O) groups is 1. The van der Waals surface area contributed by atoms with Crippen LogP contribution in [0.5, 0.6) is 0 Å². The molecule has 0 radical (unpaired) electrons. The van der Waals surface area contributed by atoms with Gasteiger partial charge in [0.05, 0.1) is 36.6 Å². The molecule has 8 heteroatoms. The highest BCUT2D eigenvalue weighted by atomic mass is 32.1. The number of hydrogen-bond donors (Lipinski definition) is 1. The summed E-state index contributed by atoms with van der Waals surface area (Å²) in [6.45, 7) is 13.3. The number of hydrogen-bond acceptors (Lipinski definition) is 7. The predicted octanol–water partition coefficient (Wildman–Crippen LogP) is 3.67. The Hall–Kier alpha value is -1.90. The van der Waals surface area contributed by atoms with Crippen LogP contribution < -0.4 is 10.8 Å². The molecule has 2 heterocycles. The number of methoxy groups -OCH3 is 1. The molecule has 0 spiro atoms. The molecule has 1 saturated heterocycles. The Morgan fingerprint density at radius 3 is 2.69 bits per heavy atom. The third-order valence-electron chi connectivity index (χ3n) is 4.79. The highest BCUT2D eigenvalue weighted by Gasteiger charge is 2.39. The van der Waals surface area contributed by atoms with Crippen molar-refractivity contribution in [3.8, 4) is 0 Å². The number of benzene rings is 1. The van der Waals surface area contributed by atoms with Crippen LogP contribution in [0, 0.1) is 6.92 Å². The van der Waals surface area contributed by atoms with Crippen molar-refractivity contribution >= 4 is 35.6 Å². The molecule has 0 saturated carbocycles. The fourth-order valence-electron chi connectivity index (χ4n) is 3.11. The molecule has 29 heavy (non-hydrogen) atoms. The molecule has 2 aromatic rings. The van der Waals surface area contributed by atoms with E-state index in [4.69, 9.17) is 19.0 Å². The van der Waals surface area contributed by atoms with Gasteiger partial charge in [0, 0.05) is 11.1 Å². The van der Waals surface area contributed by atoms with E-state index in [2.05, 4.69) is 26.1 Å². The van der Waals surface area contributed by atoms with E-state index in [1.807, 2.05) is 39.0 Å². The molecular weight excluding hydrogens is 387 g/mol. The third kappa shape index (κ3) is 4.82. The summed E-state index contributed by atoms with van der Waals surface area (Å²) in [6, 6.07) is 6.01. The average molecular weight is 416 g/mol. The number of thiazole rings is 1. The fraction of sp³-hybridized carbons (Fsp3) is 0.524. The minimum atomic E-state index is -0.371. The first kappa shape index (κ1) is 21.8. The second-order valence-corrected chi connectivity index (χ2v) is 9.93. The maximum absolute atomic E-state index is 12.2. The minimum absolute atomic E-state index is 0.133. The van der Waals surface area contributed by atoms with Crippen LogP contribution in [0.2, 0.25) is 0 Å². The average Bonchev–Trinajstić information content (AvgIpc) is 3.23. The quantitative estimate of drug-likeness (QED) is 0.593. The summed E-state index contributed by atoms with van der Waals surface area (Å²) < 4.78 is 16.8. The molecule has 156 valence electrons. The van der Waals surface area contributed by atoms with E-state index in [-0.39, 0.29) is 24.1 Å². The van der Waals surface area contributed by atoms with Crippen LogP contribution in [0.1, 0.15) is 60.6 Å². The van der Waals surface area contributed by atoms with Crippen molar-refractivity contribution in [2.75, 3.05) is 19.0 Å². The second kappa shape index (κ2) is 8.09. The van der Waals surface area contributed by atoms with E-state index in [9.17, 15) is 4.79 Å². The normalized spacial score (nSPS) is 16.2. The molecule has 0 aliphatic carbocycles. The summed E-state index contributed by atoms with van der Waals surface area (Å²) in [7, 11) is 1.02. The molecule has 1 aromatic heterocycles. The molecule has 0 amide bonds. The van der Waals surface area contributed by atoms with Crippen LogP contribution in [0.15, 0.2) is 18.2 Å². The van der Waals surface area contributed by atoms with Gasteiger partial charge in [-0.2, -0.15) is 0 Å². The first-order valence-corrected chi connectivity index (χ1v) is 10.5. The van der Waals surface area contributed by atoms with E-state index >= 15 is 0 Å². The number of nitrogens with zero attached hydrogens (tertiary/aromatic N) is 1. The number of ether oxygens (including phenoxy) is 1. The Kier molecular flexibility index (Phi) is 6.08. The van der Waals surface area contributed by atoms with Crippen molar-refractivity contribution in [1.29, 1.82) is 0 Å². The lowest BCUT2D eigenvalue weighted by atomic mass is 9.76. The molecule has 0 atom stereocenters. The molecule has 3 rings (SSSR count). The summed E-state index contributed by atoms with van der Waals surface area (Å²) in [5, 5.41) is 4.34. The number of esters is 1. The smallest absolute Gasteiger partial charge is 0.465 e. The SMILES string of the molecule is COC(=O)c1sc(C(C)(C)C)nc1CNc1cccc(B2OCC(C)(C)O2)c1C. The van der Waals surface area contributed by atoms with Crippen LogP contribution in [-0.2, 0) is 26.0 Å². The molecule has 1 N–H and O–H groups in total. The summed E-state index contributed by atoms with van der Waals surface area (Å²) in [5.41, 5.74) is 3.29. The standard InChI is InChI=1S/C21H29BN2O4S/c1-13-14(22-27-12-21(5,6)28-22)9-8-10-15(13)23-11-16-17(18(25)26-7)29-19(24-16)20(2,3)4/h8-10,23H,11-12H2,1-7H3. The van der Waals surface area contributed by atoms with Gasteiger partial charge in [-0.1, -0.05) is 32.9 Å². The Morgan fingerprint density at radius 2 is 2.10 bits per heavy atom. The summed E-state index contributed by atoms with van der Waals surface area (Å²) >= 11 is 1.40. The lowest BCUT2D eigenvalue weighted by molar-refractivity contribution is 0.0605. The van der Waals surface area contributed by atoms with Crippen LogP contribution in [0.25, 0.3) is 0 Å². The van der Waals surface area contributed by atoms with Gasteiger partial charge in [-0.25, -0.2) is 9.78 Å². The van der Waals surface area contributed by atoms with Crippen LogP contribution >= 0.6 is 11.3 Å². The molecule has 0 bridgehead atoms. The van der Waals surface area contributed by atoms with Gasteiger partial charge in [0.15, 0.2) is 0 Å². The molecular formula is C21H29BN2O4S. The van der Waals surface area contributed by atoms with E-state index in [0.29, 0.717) is 23.7 Å². The number of anilines is 1. The highest BCUT2D eigenvalue weighted by molar-refractivity contribution is 7.13. The van der Waals surface area contributed by atoms with Gasteiger partial charge in [-0.15, -0.1) is 11.3 Å². The van der Waals surface area contributed by atoms with Crippen molar-refractivity contribution in [3.05, 3.63) is 39.3 Å². The fourth-order valence-corrected chi connectivity index (χ4v) is 4.17. The van der Waals surface area contributed by atoms with Crippen molar-refractivity contribution in [1.82, 2.24) is 4.98 Å². The monoisotopic (exact) mass is 416 g/mol. The van der Waals surface area contributed by atoms with Crippen LogP contribution in [-0.4, -0.2) is 37.4 Å². The molecule has 1 fully saturated rings. The molecule has 0 unspecified atom stereocenters. The maximum atomic E-state index is 12.2.